The summed E-state index contributed by atoms with van der Waals surface area (Å²) in [6.07, 6.45) is 1.05. The van der Waals surface area contributed by atoms with Crippen LogP contribution in [0.2, 0.25) is 5.02 Å². The number of hydrogen-bond donors (Lipinski definition) is 1. The van der Waals surface area contributed by atoms with E-state index < -0.39 is 0 Å². The van der Waals surface area contributed by atoms with Crippen LogP contribution in [0.3, 0.4) is 0 Å². The van der Waals surface area contributed by atoms with Gasteiger partial charge in [0, 0.05) is 32.7 Å². The van der Waals surface area contributed by atoms with Crippen LogP contribution < -0.4 is 5.32 Å². The fraction of sp³-hybridized carbons (Fsp3) is 0.529. The Hall–Kier alpha value is -1.37. The number of nitrogens with zero attached hydrogens (tertiary/aromatic N) is 3. The van der Waals surface area contributed by atoms with E-state index in [1.807, 2.05) is 17.0 Å². The molecule has 1 saturated heterocycles. The van der Waals surface area contributed by atoms with Crippen LogP contribution in [0.4, 0.5) is 0 Å². The molecule has 0 aromatic heterocycles. The Morgan fingerprint density at radius 2 is 1.83 bits per heavy atom. The second kappa shape index (κ2) is 9.20. The van der Waals surface area contributed by atoms with Gasteiger partial charge in [0.1, 0.15) is 0 Å². The molecular formula is C17H25ClN4OS. The number of thiocarbonyl (C=S) groups is 1. The number of carbonyl (C=O) groups is 1. The Morgan fingerprint density at radius 3 is 2.46 bits per heavy atom. The van der Waals surface area contributed by atoms with Crippen molar-refractivity contribution in [3.8, 4) is 0 Å². The molecule has 1 aromatic carbocycles. The first-order valence-electron chi connectivity index (χ1n) is 8.20. The van der Waals surface area contributed by atoms with E-state index in [0.717, 1.165) is 37.7 Å². The summed E-state index contributed by atoms with van der Waals surface area (Å²) >= 11 is 11.6. The van der Waals surface area contributed by atoms with Crippen molar-refractivity contribution in [3.63, 3.8) is 0 Å². The summed E-state index contributed by atoms with van der Waals surface area (Å²) in [5, 5.41) is 4.58. The monoisotopic (exact) mass is 368 g/mol. The number of carbonyl (C=O) groups excluding carboxylic acids is 1. The Morgan fingerprint density at radius 1 is 1.21 bits per heavy atom. The van der Waals surface area contributed by atoms with Gasteiger partial charge in [-0.25, -0.2) is 0 Å². The van der Waals surface area contributed by atoms with Crippen LogP contribution in [-0.2, 0) is 0 Å². The quantitative estimate of drug-likeness (QED) is 0.635. The van der Waals surface area contributed by atoms with Crippen LogP contribution in [0.15, 0.2) is 24.3 Å². The number of benzene rings is 1. The van der Waals surface area contributed by atoms with Crippen LogP contribution in [0.25, 0.3) is 0 Å². The first-order valence-corrected chi connectivity index (χ1v) is 8.99. The molecule has 1 aliphatic rings. The Kier molecular flexibility index (Phi) is 7.27. The third-order valence-electron chi connectivity index (χ3n) is 4.02. The van der Waals surface area contributed by atoms with Crippen molar-refractivity contribution in [2.24, 2.45) is 0 Å². The normalized spacial score (nSPS) is 14.8. The minimum Gasteiger partial charge on any atom is -0.363 e. The van der Waals surface area contributed by atoms with Gasteiger partial charge in [0.05, 0.1) is 10.6 Å². The van der Waals surface area contributed by atoms with Crippen LogP contribution in [0.1, 0.15) is 16.8 Å². The number of nitrogens with one attached hydrogen (secondary N) is 1. The second-order valence-corrected chi connectivity index (χ2v) is 6.94. The molecule has 1 aromatic rings. The predicted octanol–water partition coefficient (Wildman–Crippen LogP) is 1.92. The van der Waals surface area contributed by atoms with Crippen molar-refractivity contribution in [2.45, 2.75) is 6.42 Å². The molecule has 1 aliphatic heterocycles. The highest BCUT2D eigenvalue weighted by molar-refractivity contribution is 7.80. The molecular weight excluding hydrogens is 344 g/mol. The topological polar surface area (TPSA) is 38.8 Å². The van der Waals surface area contributed by atoms with E-state index in [1.54, 1.807) is 12.1 Å². The molecule has 0 atom stereocenters. The molecule has 1 amide bonds. The molecule has 132 valence electrons. The largest absolute Gasteiger partial charge is 0.363 e. The zero-order valence-corrected chi connectivity index (χ0v) is 15.9. The summed E-state index contributed by atoms with van der Waals surface area (Å²) in [6.45, 7) is 4.71. The average Bonchev–Trinajstić information content (AvgIpc) is 2.58. The molecule has 24 heavy (non-hydrogen) atoms. The second-order valence-electron chi connectivity index (χ2n) is 6.15. The number of rotatable bonds is 5. The Balaban J connectivity index is 1.78. The van der Waals surface area contributed by atoms with Gasteiger partial charge in [-0.2, -0.15) is 0 Å². The lowest BCUT2D eigenvalue weighted by Gasteiger charge is -2.36. The number of amides is 1. The Labute approximate surface area is 154 Å². The van der Waals surface area contributed by atoms with Crippen molar-refractivity contribution in [1.29, 1.82) is 0 Å². The molecule has 7 heteroatoms. The fourth-order valence-corrected chi connectivity index (χ4v) is 3.12. The molecule has 0 radical (unpaired) electrons. The fourth-order valence-electron chi connectivity index (χ4n) is 2.62. The first-order chi connectivity index (χ1) is 11.5. The van der Waals surface area contributed by atoms with Gasteiger partial charge in [0.25, 0.3) is 5.91 Å². The summed E-state index contributed by atoms with van der Waals surface area (Å²) in [7, 11) is 4.13. The molecule has 0 aliphatic carbocycles. The van der Waals surface area contributed by atoms with Gasteiger partial charge in [-0.15, -0.1) is 0 Å². The lowest BCUT2D eigenvalue weighted by molar-refractivity contribution is 0.0691. The molecule has 2 rings (SSSR count). The van der Waals surface area contributed by atoms with Crippen LogP contribution in [0, 0.1) is 0 Å². The minimum absolute atomic E-state index is 0.00916. The van der Waals surface area contributed by atoms with E-state index in [9.17, 15) is 4.79 Å². The number of hydrogen-bond acceptors (Lipinski definition) is 3. The van der Waals surface area contributed by atoms with Gasteiger partial charge in [-0.3, -0.25) is 4.79 Å². The van der Waals surface area contributed by atoms with Gasteiger partial charge < -0.3 is 20.0 Å². The summed E-state index contributed by atoms with van der Waals surface area (Å²) < 4.78 is 0. The summed E-state index contributed by atoms with van der Waals surface area (Å²) in [5.41, 5.74) is 0.567. The molecule has 1 N–H and O–H groups in total. The summed E-state index contributed by atoms with van der Waals surface area (Å²) in [5.74, 6) is -0.00916. The smallest absolute Gasteiger partial charge is 0.255 e. The molecule has 0 bridgehead atoms. The molecule has 0 spiro atoms. The van der Waals surface area contributed by atoms with Crippen molar-refractivity contribution >= 4 is 34.8 Å². The lowest BCUT2D eigenvalue weighted by atomic mass is 10.2. The summed E-state index contributed by atoms with van der Waals surface area (Å²) in [4.78, 5) is 18.7. The Bertz CT molecular complexity index is 573. The summed E-state index contributed by atoms with van der Waals surface area (Å²) in [6, 6.07) is 7.19. The average molecular weight is 369 g/mol. The van der Waals surface area contributed by atoms with Crippen molar-refractivity contribution < 1.29 is 4.79 Å². The zero-order valence-electron chi connectivity index (χ0n) is 14.3. The van der Waals surface area contributed by atoms with E-state index in [1.165, 1.54) is 0 Å². The minimum atomic E-state index is -0.00916. The molecule has 0 unspecified atom stereocenters. The zero-order chi connectivity index (χ0) is 17.5. The van der Waals surface area contributed by atoms with Crippen LogP contribution >= 0.6 is 23.8 Å². The lowest BCUT2D eigenvalue weighted by Crippen LogP contribution is -2.53. The highest BCUT2D eigenvalue weighted by atomic mass is 35.5. The maximum Gasteiger partial charge on any atom is 0.255 e. The highest BCUT2D eigenvalue weighted by Crippen LogP contribution is 2.18. The molecule has 1 heterocycles. The molecule has 5 nitrogen and oxygen atoms in total. The van der Waals surface area contributed by atoms with Crippen molar-refractivity contribution in [3.05, 3.63) is 34.9 Å². The van der Waals surface area contributed by atoms with Gasteiger partial charge in [-0.05, 0) is 51.4 Å². The number of piperazine rings is 1. The highest BCUT2D eigenvalue weighted by Gasteiger charge is 2.24. The third-order valence-corrected chi connectivity index (χ3v) is 4.75. The maximum atomic E-state index is 12.5. The van der Waals surface area contributed by atoms with Crippen LogP contribution in [0.5, 0.6) is 0 Å². The van der Waals surface area contributed by atoms with Gasteiger partial charge in [0.15, 0.2) is 5.11 Å². The van der Waals surface area contributed by atoms with E-state index in [2.05, 4.69) is 29.2 Å². The van der Waals surface area contributed by atoms with Gasteiger partial charge in [0.2, 0.25) is 0 Å². The standard InChI is InChI=1S/C17H25ClN4OS/c1-20(2)9-5-8-19-17(24)22-12-10-21(11-13-22)16(23)14-6-3-4-7-15(14)18/h3-4,6-7H,5,8-13H2,1-2H3,(H,19,24). The number of halogens is 1. The predicted molar refractivity (Wildman–Crippen MR) is 103 cm³/mol. The van der Waals surface area contributed by atoms with Crippen molar-refractivity contribution in [2.75, 3.05) is 53.4 Å². The SMILES string of the molecule is CN(C)CCCNC(=S)N1CCN(C(=O)c2ccccc2Cl)CC1. The van der Waals surface area contributed by atoms with E-state index in [0.29, 0.717) is 23.7 Å². The van der Waals surface area contributed by atoms with Gasteiger partial charge >= 0.3 is 0 Å². The molecule has 0 saturated carbocycles. The van der Waals surface area contributed by atoms with Crippen molar-refractivity contribution in [1.82, 2.24) is 20.0 Å². The maximum absolute atomic E-state index is 12.5. The molecule has 1 fully saturated rings. The third kappa shape index (κ3) is 5.33. The van der Waals surface area contributed by atoms with E-state index >= 15 is 0 Å². The van der Waals surface area contributed by atoms with E-state index in [4.69, 9.17) is 23.8 Å². The van der Waals surface area contributed by atoms with E-state index in [-0.39, 0.29) is 5.91 Å². The van der Waals surface area contributed by atoms with Gasteiger partial charge in [-0.1, -0.05) is 23.7 Å². The van der Waals surface area contributed by atoms with Crippen LogP contribution in [-0.4, -0.2) is 79.1 Å². The first kappa shape index (κ1) is 19.0.